The molecule has 2 nitrogen and oxygen atoms in total. The summed E-state index contributed by atoms with van der Waals surface area (Å²) in [6.45, 7) is 0.187. The summed E-state index contributed by atoms with van der Waals surface area (Å²) < 4.78 is 5.13. The van der Waals surface area contributed by atoms with Crippen molar-refractivity contribution in [2.24, 2.45) is 0 Å². The van der Waals surface area contributed by atoms with Gasteiger partial charge in [0, 0.05) is 10.8 Å². The zero-order chi connectivity index (χ0) is 12.1. The second-order valence-corrected chi connectivity index (χ2v) is 4.93. The van der Waals surface area contributed by atoms with Gasteiger partial charge in [0.2, 0.25) is 0 Å². The van der Waals surface area contributed by atoms with Crippen LogP contribution in [-0.4, -0.2) is 18.8 Å². The van der Waals surface area contributed by atoms with E-state index in [0.29, 0.717) is 0 Å². The van der Waals surface area contributed by atoms with Gasteiger partial charge in [-0.2, -0.15) is 0 Å². The first-order valence-corrected chi connectivity index (χ1v) is 6.48. The van der Waals surface area contributed by atoms with Crippen LogP contribution < -0.4 is 4.74 Å². The van der Waals surface area contributed by atoms with Gasteiger partial charge in [-0.15, -0.1) is 11.3 Å². The largest absolute Gasteiger partial charge is 0.497 e. The van der Waals surface area contributed by atoms with Crippen LogP contribution in [0, 0.1) is 0 Å². The molecule has 0 saturated carbocycles. The van der Waals surface area contributed by atoms with E-state index in [0.717, 1.165) is 12.2 Å². The summed E-state index contributed by atoms with van der Waals surface area (Å²) in [4.78, 5) is 1.24. The number of rotatable bonds is 5. The minimum absolute atomic E-state index is 0.187. The fourth-order valence-corrected chi connectivity index (χ4v) is 2.65. The van der Waals surface area contributed by atoms with Gasteiger partial charge in [0.15, 0.2) is 0 Å². The topological polar surface area (TPSA) is 29.5 Å². The van der Waals surface area contributed by atoms with Crippen molar-refractivity contribution >= 4 is 11.3 Å². The van der Waals surface area contributed by atoms with Crippen molar-refractivity contribution in [1.82, 2.24) is 0 Å². The molecule has 0 spiro atoms. The molecule has 0 aliphatic carbocycles. The molecule has 1 atom stereocenters. The van der Waals surface area contributed by atoms with E-state index >= 15 is 0 Å². The van der Waals surface area contributed by atoms with Crippen LogP contribution in [0.2, 0.25) is 0 Å². The van der Waals surface area contributed by atoms with Crippen LogP contribution in [0.15, 0.2) is 41.8 Å². The van der Waals surface area contributed by atoms with Gasteiger partial charge in [-0.25, -0.2) is 0 Å². The van der Waals surface area contributed by atoms with Gasteiger partial charge in [-0.3, -0.25) is 0 Å². The molecule has 1 N–H and O–H groups in total. The standard InChI is InChI=1S/C14H16O2S/c1-16-13-6-4-11(5-7-13)9-12(10-15)14-3-2-8-17-14/h2-8,12,15H,9-10H2,1H3. The third kappa shape index (κ3) is 3.08. The molecule has 1 aromatic carbocycles. The fraction of sp³-hybridized carbons (Fsp3) is 0.286. The molecule has 17 heavy (non-hydrogen) atoms. The van der Waals surface area contributed by atoms with E-state index in [1.165, 1.54) is 10.4 Å². The molecule has 0 radical (unpaired) electrons. The normalized spacial score (nSPS) is 12.4. The molecule has 2 rings (SSSR count). The zero-order valence-corrected chi connectivity index (χ0v) is 10.6. The third-order valence-electron chi connectivity index (χ3n) is 2.81. The highest BCUT2D eigenvalue weighted by Gasteiger charge is 2.12. The molecule has 3 heteroatoms. The SMILES string of the molecule is COc1ccc(CC(CO)c2cccs2)cc1. The third-order valence-corrected chi connectivity index (χ3v) is 3.84. The number of thiophene rings is 1. The summed E-state index contributed by atoms with van der Waals surface area (Å²) in [7, 11) is 1.66. The summed E-state index contributed by atoms with van der Waals surface area (Å²) in [6.07, 6.45) is 0.862. The lowest BCUT2D eigenvalue weighted by Crippen LogP contribution is -2.05. The zero-order valence-electron chi connectivity index (χ0n) is 9.80. The number of hydrogen-bond acceptors (Lipinski definition) is 3. The average Bonchev–Trinajstić information content (AvgIpc) is 2.90. The monoisotopic (exact) mass is 248 g/mol. The number of ether oxygens (including phenoxy) is 1. The van der Waals surface area contributed by atoms with E-state index in [9.17, 15) is 5.11 Å². The van der Waals surface area contributed by atoms with E-state index in [1.807, 2.05) is 23.6 Å². The van der Waals surface area contributed by atoms with Crippen LogP contribution in [0.5, 0.6) is 5.75 Å². The highest BCUT2D eigenvalue weighted by atomic mass is 32.1. The summed E-state index contributed by atoms with van der Waals surface area (Å²) in [5.74, 6) is 1.06. The van der Waals surface area contributed by atoms with Gasteiger partial charge in [0.05, 0.1) is 13.7 Å². The Balaban J connectivity index is 2.07. The summed E-state index contributed by atoms with van der Waals surface area (Å²) >= 11 is 1.70. The first-order valence-electron chi connectivity index (χ1n) is 5.60. The molecule has 0 amide bonds. The van der Waals surface area contributed by atoms with E-state index < -0.39 is 0 Å². The summed E-state index contributed by atoms with van der Waals surface area (Å²) in [5.41, 5.74) is 1.22. The molecule has 1 unspecified atom stereocenters. The molecule has 90 valence electrons. The second-order valence-electron chi connectivity index (χ2n) is 3.95. The van der Waals surface area contributed by atoms with E-state index in [4.69, 9.17) is 4.74 Å². The molecule has 0 bridgehead atoms. The van der Waals surface area contributed by atoms with Gasteiger partial charge in [0.1, 0.15) is 5.75 Å². The summed E-state index contributed by atoms with van der Waals surface area (Å²) in [5, 5.41) is 11.5. The fourth-order valence-electron chi connectivity index (χ4n) is 1.82. The van der Waals surface area contributed by atoms with Crippen LogP contribution in [-0.2, 0) is 6.42 Å². The Bertz CT molecular complexity index is 434. The van der Waals surface area contributed by atoms with Gasteiger partial charge in [-0.05, 0) is 35.6 Å². The van der Waals surface area contributed by atoms with E-state index in [1.54, 1.807) is 18.4 Å². The maximum atomic E-state index is 9.44. The van der Waals surface area contributed by atoms with Gasteiger partial charge < -0.3 is 9.84 Å². The number of aliphatic hydroxyl groups is 1. The van der Waals surface area contributed by atoms with Crippen molar-refractivity contribution in [3.05, 3.63) is 52.2 Å². The van der Waals surface area contributed by atoms with E-state index in [-0.39, 0.29) is 12.5 Å². The Hall–Kier alpha value is -1.32. The number of methoxy groups -OCH3 is 1. The Morgan fingerprint density at radius 1 is 1.24 bits per heavy atom. The van der Waals surface area contributed by atoms with Crippen LogP contribution in [0.1, 0.15) is 16.4 Å². The maximum Gasteiger partial charge on any atom is 0.118 e. The maximum absolute atomic E-state index is 9.44. The van der Waals surface area contributed by atoms with Crippen LogP contribution in [0.4, 0.5) is 0 Å². The van der Waals surface area contributed by atoms with Crippen molar-refractivity contribution in [1.29, 1.82) is 0 Å². The quantitative estimate of drug-likeness (QED) is 0.881. The Labute approximate surface area is 105 Å². The first kappa shape index (κ1) is 12.1. The Kier molecular flexibility index (Phi) is 4.18. The minimum Gasteiger partial charge on any atom is -0.497 e. The van der Waals surface area contributed by atoms with Crippen molar-refractivity contribution < 1.29 is 9.84 Å². The molecule has 0 aliphatic rings. The van der Waals surface area contributed by atoms with Crippen LogP contribution in [0.3, 0.4) is 0 Å². The van der Waals surface area contributed by atoms with Crippen molar-refractivity contribution in [2.75, 3.05) is 13.7 Å². The molecule has 0 aliphatic heterocycles. The smallest absolute Gasteiger partial charge is 0.118 e. The van der Waals surface area contributed by atoms with E-state index in [2.05, 4.69) is 18.2 Å². The molecule has 0 saturated heterocycles. The van der Waals surface area contributed by atoms with Crippen molar-refractivity contribution in [3.8, 4) is 5.75 Å². The van der Waals surface area contributed by atoms with Gasteiger partial charge in [0.25, 0.3) is 0 Å². The van der Waals surface area contributed by atoms with Crippen molar-refractivity contribution in [3.63, 3.8) is 0 Å². The van der Waals surface area contributed by atoms with Crippen molar-refractivity contribution in [2.45, 2.75) is 12.3 Å². The molecule has 1 heterocycles. The average molecular weight is 248 g/mol. The Morgan fingerprint density at radius 2 is 2.00 bits per heavy atom. The molecule has 1 aromatic heterocycles. The lowest BCUT2D eigenvalue weighted by atomic mass is 9.98. The highest BCUT2D eigenvalue weighted by molar-refractivity contribution is 7.10. The molecular weight excluding hydrogens is 232 g/mol. The number of hydrogen-bond donors (Lipinski definition) is 1. The predicted molar refractivity (Wildman–Crippen MR) is 70.8 cm³/mol. The number of aliphatic hydroxyl groups excluding tert-OH is 1. The van der Waals surface area contributed by atoms with Gasteiger partial charge in [-0.1, -0.05) is 18.2 Å². The van der Waals surface area contributed by atoms with Gasteiger partial charge >= 0.3 is 0 Å². The lowest BCUT2D eigenvalue weighted by Gasteiger charge is -2.12. The minimum atomic E-state index is 0.187. The molecule has 0 fully saturated rings. The predicted octanol–water partition coefficient (Wildman–Crippen LogP) is 3.08. The van der Waals surface area contributed by atoms with Crippen LogP contribution in [0.25, 0.3) is 0 Å². The summed E-state index contributed by atoms with van der Waals surface area (Å²) in [6, 6.07) is 12.1. The van der Waals surface area contributed by atoms with Crippen LogP contribution >= 0.6 is 11.3 Å². The first-order chi connectivity index (χ1) is 8.33. The molecule has 2 aromatic rings. The Morgan fingerprint density at radius 3 is 2.53 bits per heavy atom. The highest BCUT2D eigenvalue weighted by Crippen LogP contribution is 2.25. The second kappa shape index (κ2) is 5.84. The number of benzene rings is 1. The molecular formula is C14H16O2S. The lowest BCUT2D eigenvalue weighted by molar-refractivity contribution is 0.266.